The molecule has 0 atom stereocenters. The maximum Gasteiger partial charge on any atom is 0.186 e. The SMILES string of the molecule is CCC1(CC)CCN(CC(=O)c2ccc(Br)s2)CC1. The average Bonchev–Trinajstić information content (AvgIpc) is 2.87. The molecule has 0 aliphatic carbocycles. The Morgan fingerprint density at radius 1 is 1.32 bits per heavy atom. The van der Waals surface area contributed by atoms with Crippen molar-refractivity contribution in [2.45, 2.75) is 39.5 Å². The Morgan fingerprint density at radius 3 is 2.42 bits per heavy atom. The van der Waals surface area contributed by atoms with E-state index in [0.717, 1.165) is 21.8 Å². The van der Waals surface area contributed by atoms with Gasteiger partial charge in [-0.15, -0.1) is 11.3 Å². The van der Waals surface area contributed by atoms with Gasteiger partial charge in [0, 0.05) is 0 Å². The third-order valence-electron chi connectivity index (χ3n) is 4.63. The predicted octanol–water partition coefficient (Wildman–Crippen LogP) is 4.60. The summed E-state index contributed by atoms with van der Waals surface area (Å²) in [5.74, 6) is 0.260. The van der Waals surface area contributed by atoms with Gasteiger partial charge in [-0.3, -0.25) is 9.69 Å². The summed E-state index contributed by atoms with van der Waals surface area (Å²) in [5, 5.41) is 0. The van der Waals surface area contributed by atoms with Crippen LogP contribution in [-0.2, 0) is 0 Å². The molecular weight excluding hydrogens is 322 g/mol. The monoisotopic (exact) mass is 343 g/mol. The normalized spacial score (nSPS) is 19.5. The Bertz CT molecular complexity index is 429. The molecule has 0 bridgehead atoms. The van der Waals surface area contributed by atoms with E-state index in [1.807, 2.05) is 12.1 Å². The Kier molecular flexibility index (Phi) is 5.21. The highest BCUT2D eigenvalue weighted by atomic mass is 79.9. The van der Waals surface area contributed by atoms with Crippen molar-refractivity contribution in [2.75, 3.05) is 19.6 Å². The van der Waals surface area contributed by atoms with Crippen molar-refractivity contribution in [3.05, 3.63) is 20.8 Å². The van der Waals surface area contributed by atoms with E-state index in [0.29, 0.717) is 12.0 Å². The maximum absolute atomic E-state index is 12.2. The molecule has 1 aromatic rings. The lowest BCUT2D eigenvalue weighted by atomic mass is 9.74. The minimum Gasteiger partial charge on any atom is -0.296 e. The van der Waals surface area contributed by atoms with Gasteiger partial charge in [-0.25, -0.2) is 0 Å². The lowest BCUT2D eigenvalue weighted by Gasteiger charge is -2.40. The highest BCUT2D eigenvalue weighted by Gasteiger charge is 2.31. The van der Waals surface area contributed by atoms with Gasteiger partial charge >= 0.3 is 0 Å². The van der Waals surface area contributed by atoms with Crippen molar-refractivity contribution in [3.63, 3.8) is 0 Å². The van der Waals surface area contributed by atoms with E-state index in [4.69, 9.17) is 0 Å². The number of carbonyl (C=O) groups is 1. The molecule has 0 radical (unpaired) electrons. The molecule has 2 rings (SSSR count). The number of thiophene rings is 1. The number of nitrogens with zero attached hydrogens (tertiary/aromatic N) is 1. The molecule has 19 heavy (non-hydrogen) atoms. The number of carbonyl (C=O) groups excluding carboxylic acids is 1. The zero-order chi connectivity index (χ0) is 13.9. The molecule has 0 amide bonds. The van der Waals surface area contributed by atoms with Crippen LogP contribution in [0.2, 0.25) is 0 Å². The second kappa shape index (κ2) is 6.51. The highest BCUT2D eigenvalue weighted by molar-refractivity contribution is 9.11. The number of halogens is 1. The molecule has 1 saturated heterocycles. The molecule has 1 aliphatic heterocycles. The van der Waals surface area contributed by atoms with E-state index in [2.05, 4.69) is 34.7 Å². The topological polar surface area (TPSA) is 20.3 Å². The first-order valence-electron chi connectivity index (χ1n) is 7.09. The lowest BCUT2D eigenvalue weighted by Crippen LogP contribution is -2.41. The van der Waals surface area contributed by atoms with E-state index >= 15 is 0 Å². The quantitative estimate of drug-likeness (QED) is 0.728. The summed E-state index contributed by atoms with van der Waals surface area (Å²) in [6.07, 6.45) is 5.01. The van der Waals surface area contributed by atoms with Crippen LogP contribution >= 0.6 is 27.3 Å². The van der Waals surface area contributed by atoms with E-state index in [9.17, 15) is 4.79 Å². The van der Waals surface area contributed by atoms with Crippen LogP contribution in [0.5, 0.6) is 0 Å². The van der Waals surface area contributed by atoms with Crippen molar-refractivity contribution in [2.24, 2.45) is 5.41 Å². The standard InChI is InChI=1S/C15H22BrNOS/c1-3-15(4-2)7-9-17(10-8-15)11-12(18)13-5-6-14(16)19-13/h5-6H,3-4,7-11H2,1-2H3. The van der Waals surface area contributed by atoms with Gasteiger partial charge in [0.2, 0.25) is 0 Å². The molecule has 0 N–H and O–H groups in total. The van der Waals surface area contributed by atoms with Crippen LogP contribution in [0.1, 0.15) is 49.2 Å². The fraction of sp³-hybridized carbons (Fsp3) is 0.667. The van der Waals surface area contributed by atoms with E-state index < -0.39 is 0 Å². The number of piperidine rings is 1. The zero-order valence-electron chi connectivity index (χ0n) is 11.7. The molecule has 106 valence electrons. The zero-order valence-corrected chi connectivity index (χ0v) is 14.1. The molecular formula is C15H22BrNOS. The van der Waals surface area contributed by atoms with E-state index in [1.54, 1.807) is 0 Å². The molecule has 0 unspecified atom stereocenters. The van der Waals surface area contributed by atoms with Gasteiger partial charge < -0.3 is 0 Å². The number of rotatable bonds is 5. The van der Waals surface area contributed by atoms with Gasteiger partial charge in [-0.05, 0) is 59.4 Å². The fourth-order valence-corrected chi connectivity index (χ4v) is 4.20. The number of ketones is 1. The van der Waals surface area contributed by atoms with Crippen LogP contribution in [0, 0.1) is 5.41 Å². The van der Waals surface area contributed by atoms with Gasteiger partial charge in [-0.2, -0.15) is 0 Å². The highest BCUT2D eigenvalue weighted by Crippen LogP contribution is 2.37. The molecule has 1 aliphatic rings. The average molecular weight is 344 g/mol. The third-order valence-corrected chi connectivity index (χ3v) is 6.30. The molecule has 1 aromatic heterocycles. The Hall–Kier alpha value is -0.190. The van der Waals surface area contributed by atoms with Crippen LogP contribution in [0.15, 0.2) is 15.9 Å². The molecule has 0 spiro atoms. The Labute approximate surface area is 128 Å². The predicted molar refractivity (Wildman–Crippen MR) is 85.0 cm³/mol. The van der Waals surface area contributed by atoms with Crippen LogP contribution in [0.3, 0.4) is 0 Å². The van der Waals surface area contributed by atoms with E-state index in [1.165, 1.54) is 37.0 Å². The van der Waals surface area contributed by atoms with Crippen LogP contribution in [0.4, 0.5) is 0 Å². The Balaban J connectivity index is 1.87. The summed E-state index contributed by atoms with van der Waals surface area (Å²) in [5.41, 5.74) is 0.533. The fourth-order valence-electron chi connectivity index (χ4n) is 2.89. The molecule has 0 aromatic carbocycles. The summed E-state index contributed by atoms with van der Waals surface area (Å²) in [4.78, 5) is 15.4. The summed E-state index contributed by atoms with van der Waals surface area (Å²) in [7, 11) is 0. The van der Waals surface area contributed by atoms with Crippen LogP contribution < -0.4 is 0 Å². The first-order chi connectivity index (χ1) is 9.08. The first kappa shape index (κ1) is 15.2. The van der Waals surface area contributed by atoms with Crippen molar-refractivity contribution in [1.29, 1.82) is 0 Å². The van der Waals surface area contributed by atoms with Gasteiger partial charge in [0.15, 0.2) is 5.78 Å². The van der Waals surface area contributed by atoms with Gasteiger partial charge in [0.1, 0.15) is 0 Å². The minimum atomic E-state index is 0.260. The van der Waals surface area contributed by atoms with Crippen molar-refractivity contribution >= 4 is 33.0 Å². The third kappa shape index (κ3) is 3.67. The number of hydrogen-bond donors (Lipinski definition) is 0. The second-order valence-corrected chi connectivity index (χ2v) is 7.97. The van der Waals surface area contributed by atoms with Gasteiger partial charge in [0.25, 0.3) is 0 Å². The number of likely N-dealkylation sites (tertiary alicyclic amines) is 1. The van der Waals surface area contributed by atoms with Crippen molar-refractivity contribution in [3.8, 4) is 0 Å². The van der Waals surface area contributed by atoms with Crippen LogP contribution in [-0.4, -0.2) is 30.3 Å². The largest absolute Gasteiger partial charge is 0.296 e. The second-order valence-electron chi connectivity index (χ2n) is 5.51. The molecule has 0 saturated carbocycles. The molecule has 1 fully saturated rings. The minimum absolute atomic E-state index is 0.260. The summed E-state index contributed by atoms with van der Waals surface area (Å²) < 4.78 is 1.03. The summed E-state index contributed by atoms with van der Waals surface area (Å²) in [6, 6.07) is 3.87. The summed E-state index contributed by atoms with van der Waals surface area (Å²) in [6.45, 7) is 7.32. The Morgan fingerprint density at radius 2 is 1.95 bits per heavy atom. The lowest BCUT2D eigenvalue weighted by molar-refractivity contribution is 0.0759. The molecule has 4 heteroatoms. The molecule has 2 heterocycles. The summed E-state index contributed by atoms with van der Waals surface area (Å²) >= 11 is 4.95. The first-order valence-corrected chi connectivity index (χ1v) is 8.70. The number of Topliss-reactive ketones (excluding diaryl/α,β-unsaturated/α-hetero) is 1. The maximum atomic E-state index is 12.2. The van der Waals surface area contributed by atoms with Crippen LogP contribution in [0.25, 0.3) is 0 Å². The molecule has 2 nitrogen and oxygen atoms in total. The van der Waals surface area contributed by atoms with Gasteiger partial charge in [-0.1, -0.05) is 26.7 Å². The van der Waals surface area contributed by atoms with Crippen molar-refractivity contribution in [1.82, 2.24) is 4.90 Å². The smallest absolute Gasteiger partial charge is 0.186 e. The van der Waals surface area contributed by atoms with E-state index in [-0.39, 0.29) is 5.78 Å². The van der Waals surface area contributed by atoms with Crippen molar-refractivity contribution < 1.29 is 4.79 Å². The number of hydrogen-bond acceptors (Lipinski definition) is 3. The van der Waals surface area contributed by atoms with Gasteiger partial charge in [0.05, 0.1) is 15.2 Å².